The molecular weight excluding hydrogens is 360 g/mol. The van der Waals surface area contributed by atoms with Gasteiger partial charge in [-0.1, -0.05) is 0 Å². The van der Waals surface area contributed by atoms with Crippen LogP contribution in [0.25, 0.3) is 0 Å². The van der Waals surface area contributed by atoms with Gasteiger partial charge in [-0.25, -0.2) is 4.79 Å². The van der Waals surface area contributed by atoms with E-state index in [-0.39, 0.29) is 30.1 Å². The second-order valence-electron chi connectivity index (χ2n) is 7.57. The summed E-state index contributed by atoms with van der Waals surface area (Å²) >= 11 is 0. The van der Waals surface area contributed by atoms with Crippen molar-refractivity contribution in [2.24, 2.45) is 0 Å². The molecule has 9 nitrogen and oxygen atoms in total. The lowest BCUT2D eigenvalue weighted by Crippen LogP contribution is -2.33. The van der Waals surface area contributed by atoms with Crippen molar-refractivity contribution in [3.63, 3.8) is 0 Å². The van der Waals surface area contributed by atoms with E-state index in [0.29, 0.717) is 17.9 Å². The third-order valence-electron chi connectivity index (χ3n) is 5.09. The standard InChI is InChI=1S/C19H24N6O3/c1-10(2)22-19(27)28-12-4-3-11(5-12)15-6-17(25-24-15)23-16-9-20-7-14-13(16)8-21-18(14)26/h6-7,9-12H,3-5,8H2,1-2H3,(H,21,26)(H,22,27)(H2,23,24,25)/t11-,12+/m0/s1. The van der Waals surface area contributed by atoms with Gasteiger partial charge >= 0.3 is 6.09 Å². The predicted octanol–water partition coefficient (Wildman–Crippen LogP) is 2.56. The predicted molar refractivity (Wildman–Crippen MR) is 102 cm³/mol. The van der Waals surface area contributed by atoms with E-state index in [4.69, 9.17) is 4.74 Å². The summed E-state index contributed by atoms with van der Waals surface area (Å²) in [6.07, 6.45) is 5.37. The molecule has 2 amide bonds. The number of aromatic nitrogens is 3. The van der Waals surface area contributed by atoms with Gasteiger partial charge in [-0.3, -0.25) is 14.9 Å². The van der Waals surface area contributed by atoms with Crippen molar-refractivity contribution in [1.82, 2.24) is 25.8 Å². The van der Waals surface area contributed by atoms with Crippen LogP contribution in [-0.4, -0.2) is 39.3 Å². The van der Waals surface area contributed by atoms with Gasteiger partial charge in [0.2, 0.25) is 0 Å². The van der Waals surface area contributed by atoms with Crippen LogP contribution in [0.3, 0.4) is 0 Å². The Morgan fingerprint density at radius 1 is 1.32 bits per heavy atom. The van der Waals surface area contributed by atoms with E-state index < -0.39 is 0 Å². The van der Waals surface area contributed by atoms with Gasteiger partial charge < -0.3 is 20.7 Å². The molecule has 2 atom stereocenters. The highest BCUT2D eigenvalue weighted by Gasteiger charge is 2.30. The SMILES string of the molecule is CC(C)NC(=O)O[C@@H]1CC[C@H](c2cc(Nc3cncc4c3CNC4=O)n[nH]2)C1. The van der Waals surface area contributed by atoms with Gasteiger partial charge in [-0.15, -0.1) is 0 Å². The summed E-state index contributed by atoms with van der Waals surface area (Å²) in [6.45, 7) is 4.29. The van der Waals surface area contributed by atoms with Crippen molar-refractivity contribution in [3.8, 4) is 0 Å². The zero-order chi connectivity index (χ0) is 19.7. The first-order valence-corrected chi connectivity index (χ1v) is 9.54. The molecule has 2 aromatic heterocycles. The second-order valence-corrected chi connectivity index (χ2v) is 7.57. The van der Waals surface area contributed by atoms with E-state index in [9.17, 15) is 9.59 Å². The molecule has 4 N–H and O–H groups in total. The molecule has 148 valence electrons. The van der Waals surface area contributed by atoms with Gasteiger partial charge in [0.15, 0.2) is 5.82 Å². The Bertz CT molecular complexity index is 894. The van der Waals surface area contributed by atoms with Crippen molar-refractivity contribution in [2.45, 2.75) is 57.7 Å². The van der Waals surface area contributed by atoms with E-state index in [1.165, 1.54) is 0 Å². The van der Waals surface area contributed by atoms with Crippen LogP contribution in [0.15, 0.2) is 18.5 Å². The Kier molecular flexibility index (Phi) is 4.89. The lowest BCUT2D eigenvalue weighted by Gasteiger charge is -2.14. The molecule has 4 rings (SSSR count). The van der Waals surface area contributed by atoms with Crippen molar-refractivity contribution in [3.05, 3.63) is 35.3 Å². The van der Waals surface area contributed by atoms with E-state index in [1.54, 1.807) is 12.4 Å². The van der Waals surface area contributed by atoms with Gasteiger partial charge in [-0.05, 0) is 33.1 Å². The van der Waals surface area contributed by atoms with Gasteiger partial charge in [0, 0.05) is 42.0 Å². The first-order valence-electron chi connectivity index (χ1n) is 9.54. The molecule has 0 spiro atoms. The summed E-state index contributed by atoms with van der Waals surface area (Å²) < 4.78 is 5.49. The average molecular weight is 384 g/mol. The van der Waals surface area contributed by atoms with Crippen LogP contribution in [0.5, 0.6) is 0 Å². The van der Waals surface area contributed by atoms with Crippen molar-refractivity contribution in [2.75, 3.05) is 5.32 Å². The third-order valence-corrected chi connectivity index (χ3v) is 5.09. The maximum absolute atomic E-state index is 11.8. The van der Waals surface area contributed by atoms with Gasteiger partial charge in [0.25, 0.3) is 5.91 Å². The summed E-state index contributed by atoms with van der Waals surface area (Å²) in [5.74, 6) is 0.835. The summed E-state index contributed by atoms with van der Waals surface area (Å²) in [6, 6.07) is 2.02. The fraction of sp³-hybridized carbons (Fsp3) is 0.474. The van der Waals surface area contributed by atoms with Crippen molar-refractivity contribution >= 4 is 23.5 Å². The third kappa shape index (κ3) is 3.78. The largest absolute Gasteiger partial charge is 0.446 e. The zero-order valence-corrected chi connectivity index (χ0v) is 15.9. The number of rotatable bonds is 5. The number of nitrogens with zero attached hydrogens (tertiary/aromatic N) is 2. The Hall–Kier alpha value is -3.10. The number of nitrogens with one attached hydrogen (secondary N) is 4. The fourth-order valence-corrected chi connectivity index (χ4v) is 3.74. The highest BCUT2D eigenvalue weighted by molar-refractivity contribution is 5.99. The molecular formula is C19H24N6O3. The zero-order valence-electron chi connectivity index (χ0n) is 15.9. The number of carbonyl (C=O) groups excluding carboxylic acids is 2. The van der Waals surface area contributed by atoms with E-state index in [0.717, 1.165) is 36.2 Å². The Labute approximate surface area is 162 Å². The van der Waals surface area contributed by atoms with Crippen LogP contribution in [0.1, 0.15) is 60.6 Å². The molecule has 1 fully saturated rings. The number of H-pyrrole nitrogens is 1. The lowest BCUT2D eigenvalue weighted by molar-refractivity contribution is 0.0961. The van der Waals surface area contributed by atoms with Crippen molar-refractivity contribution < 1.29 is 14.3 Å². The molecule has 28 heavy (non-hydrogen) atoms. The monoisotopic (exact) mass is 384 g/mol. The van der Waals surface area contributed by atoms with Crippen LogP contribution < -0.4 is 16.0 Å². The summed E-state index contributed by atoms with van der Waals surface area (Å²) in [5.41, 5.74) is 3.27. The maximum Gasteiger partial charge on any atom is 0.407 e. The molecule has 0 bridgehead atoms. The summed E-state index contributed by atoms with van der Waals surface area (Å²) in [7, 11) is 0. The van der Waals surface area contributed by atoms with Crippen LogP contribution >= 0.6 is 0 Å². The number of carbonyl (C=O) groups is 2. The van der Waals surface area contributed by atoms with Crippen LogP contribution in [0.2, 0.25) is 0 Å². The van der Waals surface area contributed by atoms with Gasteiger partial charge in [-0.2, -0.15) is 5.10 Å². The number of amides is 2. The molecule has 3 heterocycles. The molecule has 9 heteroatoms. The number of fused-ring (bicyclic) bond motifs is 1. The number of aromatic amines is 1. The molecule has 0 unspecified atom stereocenters. The number of pyridine rings is 1. The fourth-order valence-electron chi connectivity index (χ4n) is 3.74. The molecule has 0 saturated heterocycles. The summed E-state index contributed by atoms with van der Waals surface area (Å²) in [5, 5.41) is 16.2. The molecule has 1 aliphatic heterocycles. The van der Waals surface area contributed by atoms with Crippen molar-refractivity contribution in [1.29, 1.82) is 0 Å². The van der Waals surface area contributed by atoms with E-state index in [1.807, 2.05) is 19.9 Å². The number of anilines is 2. The molecule has 1 saturated carbocycles. The van der Waals surface area contributed by atoms with Gasteiger partial charge in [0.1, 0.15) is 6.10 Å². The van der Waals surface area contributed by atoms with Crippen LogP contribution in [0.4, 0.5) is 16.3 Å². The summed E-state index contributed by atoms with van der Waals surface area (Å²) in [4.78, 5) is 27.7. The topological polar surface area (TPSA) is 121 Å². The first kappa shape index (κ1) is 18.3. The van der Waals surface area contributed by atoms with E-state index >= 15 is 0 Å². The Balaban J connectivity index is 1.38. The normalized spacial score (nSPS) is 20.8. The minimum absolute atomic E-state index is 0.0605. The number of alkyl carbamates (subject to hydrolysis) is 1. The minimum atomic E-state index is -0.360. The smallest absolute Gasteiger partial charge is 0.407 e. The average Bonchev–Trinajstić information content (AvgIpc) is 3.36. The first-order chi connectivity index (χ1) is 13.5. The molecule has 0 aromatic carbocycles. The number of hydrogen-bond donors (Lipinski definition) is 4. The molecule has 2 aliphatic rings. The Morgan fingerprint density at radius 3 is 3.00 bits per heavy atom. The molecule has 2 aromatic rings. The quantitative estimate of drug-likeness (QED) is 0.629. The lowest BCUT2D eigenvalue weighted by atomic mass is 10.0. The second kappa shape index (κ2) is 7.49. The van der Waals surface area contributed by atoms with Crippen LogP contribution in [0, 0.1) is 0 Å². The number of ether oxygens (including phenoxy) is 1. The maximum atomic E-state index is 11.8. The van der Waals surface area contributed by atoms with Gasteiger partial charge in [0.05, 0.1) is 17.4 Å². The van der Waals surface area contributed by atoms with E-state index in [2.05, 4.69) is 31.1 Å². The molecule has 0 radical (unpaired) electrons. The minimum Gasteiger partial charge on any atom is -0.446 e. The highest BCUT2D eigenvalue weighted by atomic mass is 16.6. The number of hydrogen-bond acceptors (Lipinski definition) is 6. The Morgan fingerprint density at radius 2 is 2.18 bits per heavy atom. The van der Waals surface area contributed by atoms with Crippen LogP contribution in [-0.2, 0) is 11.3 Å². The molecule has 1 aliphatic carbocycles. The highest BCUT2D eigenvalue weighted by Crippen LogP contribution is 2.36.